The van der Waals surface area contributed by atoms with Crippen molar-refractivity contribution in [3.05, 3.63) is 29.8 Å². The van der Waals surface area contributed by atoms with E-state index in [-0.39, 0.29) is 24.8 Å². The highest BCUT2D eigenvalue weighted by atomic mass is 35.5. The summed E-state index contributed by atoms with van der Waals surface area (Å²) in [7, 11) is 0. The van der Waals surface area contributed by atoms with E-state index in [1.54, 1.807) is 11.8 Å². The zero-order valence-corrected chi connectivity index (χ0v) is 13.6. The number of nitrogens with one attached hydrogen (secondary N) is 2. The maximum absolute atomic E-state index is 3.57. The molecule has 1 aromatic carbocycles. The Morgan fingerprint density at radius 3 is 2.37 bits per heavy atom. The molecular weight excluding hydrogens is 299 g/mol. The van der Waals surface area contributed by atoms with Crippen LogP contribution in [-0.2, 0) is 6.54 Å². The highest BCUT2D eigenvalue weighted by Crippen LogP contribution is 2.15. The lowest BCUT2D eigenvalue weighted by Gasteiger charge is -2.22. The first-order valence-electron chi connectivity index (χ1n) is 6.43. The first-order valence-corrected chi connectivity index (χ1v) is 7.65. The molecule has 0 amide bonds. The van der Waals surface area contributed by atoms with Gasteiger partial charge in [-0.15, -0.1) is 11.8 Å². The van der Waals surface area contributed by atoms with E-state index in [1.165, 1.54) is 36.4 Å². The summed E-state index contributed by atoms with van der Waals surface area (Å²) in [5.74, 6) is 0.863. The van der Waals surface area contributed by atoms with Crippen LogP contribution in [0.4, 0.5) is 0 Å². The number of rotatable bonds is 5. The van der Waals surface area contributed by atoms with Gasteiger partial charge in [-0.25, -0.2) is 0 Å². The van der Waals surface area contributed by atoms with Crippen LogP contribution < -0.4 is 35.4 Å². The molecule has 0 aliphatic carbocycles. The molecule has 1 saturated heterocycles. The largest absolute Gasteiger partial charge is 1.00 e. The highest BCUT2D eigenvalue weighted by molar-refractivity contribution is 7.98. The van der Waals surface area contributed by atoms with Crippen LogP contribution in [0.2, 0.25) is 0 Å². The minimum Gasteiger partial charge on any atom is -1.00 e. The number of halogens is 2. The molecule has 0 radical (unpaired) electrons. The van der Waals surface area contributed by atoms with Gasteiger partial charge in [0.2, 0.25) is 0 Å². The molecule has 0 aromatic heterocycles. The Balaban J connectivity index is 0.00000162. The number of piperidine rings is 1. The number of hydrogen-bond donors (Lipinski definition) is 2. The molecule has 0 unspecified atom stereocenters. The van der Waals surface area contributed by atoms with Gasteiger partial charge in [0, 0.05) is 11.4 Å². The lowest BCUT2D eigenvalue weighted by Crippen LogP contribution is -3.00. The van der Waals surface area contributed by atoms with Crippen LogP contribution >= 0.6 is 11.8 Å². The number of benzene rings is 1. The third kappa shape index (κ3) is 6.87. The summed E-state index contributed by atoms with van der Waals surface area (Å²) in [6, 6.07) is 8.85. The van der Waals surface area contributed by atoms with E-state index >= 15 is 0 Å². The zero-order chi connectivity index (χ0) is 11.9. The van der Waals surface area contributed by atoms with Crippen LogP contribution in [0.1, 0.15) is 18.4 Å². The average molecular weight is 321 g/mol. The summed E-state index contributed by atoms with van der Waals surface area (Å²) in [6.45, 7) is 4.54. The summed E-state index contributed by atoms with van der Waals surface area (Å²) in [5, 5.41) is 6.98. The molecule has 110 valence electrons. The van der Waals surface area contributed by atoms with Crippen molar-refractivity contribution >= 4 is 11.8 Å². The van der Waals surface area contributed by atoms with Crippen molar-refractivity contribution in [1.82, 2.24) is 10.6 Å². The molecule has 0 spiro atoms. The molecular formula is C14H22Cl2N2S-2. The summed E-state index contributed by atoms with van der Waals surface area (Å²) in [4.78, 5) is 1.34. The second-order valence-corrected chi connectivity index (χ2v) is 5.55. The van der Waals surface area contributed by atoms with Gasteiger partial charge in [-0.05, 0) is 62.3 Å². The summed E-state index contributed by atoms with van der Waals surface area (Å²) in [6.07, 6.45) is 4.75. The fourth-order valence-corrected chi connectivity index (χ4v) is 2.66. The van der Waals surface area contributed by atoms with Gasteiger partial charge in [-0.1, -0.05) is 12.1 Å². The molecule has 0 atom stereocenters. The molecule has 1 aliphatic heterocycles. The Bertz CT molecular complexity index is 327. The maximum atomic E-state index is 3.57. The fraction of sp³-hybridized carbons (Fsp3) is 0.571. The quantitative estimate of drug-likeness (QED) is 0.551. The zero-order valence-electron chi connectivity index (χ0n) is 11.3. The molecule has 1 fully saturated rings. The fourth-order valence-electron chi connectivity index (χ4n) is 2.25. The van der Waals surface area contributed by atoms with E-state index in [1.807, 2.05) is 0 Å². The van der Waals surface area contributed by atoms with Gasteiger partial charge in [0.25, 0.3) is 0 Å². The standard InChI is InChI=1S/C14H22N2S.2ClH/c1-17-14-4-2-12(3-5-14)10-16-11-13-6-8-15-9-7-13;;/h2-5,13,15-16H,6-11H2,1H3;2*1H/p-2. The normalized spacial score (nSPS) is 15.4. The predicted molar refractivity (Wildman–Crippen MR) is 75.5 cm³/mol. The van der Waals surface area contributed by atoms with Gasteiger partial charge in [-0.2, -0.15) is 0 Å². The Hall–Kier alpha value is 0.0700. The number of thioether (sulfide) groups is 1. The van der Waals surface area contributed by atoms with Crippen LogP contribution in [0.25, 0.3) is 0 Å². The van der Waals surface area contributed by atoms with Crippen molar-refractivity contribution in [2.75, 3.05) is 25.9 Å². The summed E-state index contributed by atoms with van der Waals surface area (Å²) in [5.41, 5.74) is 1.39. The average Bonchev–Trinajstić information content (AvgIpc) is 2.41. The lowest BCUT2D eigenvalue weighted by molar-refractivity contribution is -0.001000. The van der Waals surface area contributed by atoms with E-state index < -0.39 is 0 Å². The van der Waals surface area contributed by atoms with Crippen LogP contribution in [-0.4, -0.2) is 25.9 Å². The Kier molecular flexibility index (Phi) is 10.8. The molecule has 2 rings (SSSR count). The van der Waals surface area contributed by atoms with Gasteiger partial charge in [0.05, 0.1) is 0 Å². The van der Waals surface area contributed by atoms with Crippen molar-refractivity contribution in [1.29, 1.82) is 0 Å². The number of hydrogen-bond acceptors (Lipinski definition) is 3. The first kappa shape index (κ1) is 19.1. The second kappa shape index (κ2) is 10.8. The maximum Gasteiger partial charge on any atom is 0.0205 e. The van der Waals surface area contributed by atoms with Crippen molar-refractivity contribution in [2.45, 2.75) is 24.3 Å². The first-order chi connectivity index (χ1) is 8.38. The van der Waals surface area contributed by atoms with Gasteiger partial charge in [0.1, 0.15) is 0 Å². The molecule has 1 aromatic rings. The minimum absolute atomic E-state index is 0. The third-order valence-electron chi connectivity index (χ3n) is 3.38. The van der Waals surface area contributed by atoms with Gasteiger partial charge >= 0.3 is 0 Å². The van der Waals surface area contributed by atoms with E-state index in [9.17, 15) is 0 Å². The van der Waals surface area contributed by atoms with Crippen molar-refractivity contribution in [3.8, 4) is 0 Å². The van der Waals surface area contributed by atoms with Crippen LogP contribution in [0, 0.1) is 5.92 Å². The van der Waals surface area contributed by atoms with E-state index in [0.717, 1.165) is 19.0 Å². The van der Waals surface area contributed by atoms with E-state index in [0.29, 0.717) is 0 Å². The third-order valence-corrected chi connectivity index (χ3v) is 4.12. The summed E-state index contributed by atoms with van der Waals surface area (Å²) >= 11 is 1.80. The Morgan fingerprint density at radius 2 is 1.79 bits per heavy atom. The molecule has 0 saturated carbocycles. The van der Waals surface area contributed by atoms with Crippen molar-refractivity contribution in [3.63, 3.8) is 0 Å². The molecule has 0 bridgehead atoms. The molecule has 19 heavy (non-hydrogen) atoms. The SMILES string of the molecule is CSc1ccc(CNCC2CCNCC2)cc1.[Cl-].[Cl-]. The minimum atomic E-state index is 0. The molecule has 2 N–H and O–H groups in total. The van der Waals surface area contributed by atoms with Crippen LogP contribution in [0.3, 0.4) is 0 Å². The predicted octanol–water partition coefficient (Wildman–Crippen LogP) is -3.49. The Labute approximate surface area is 133 Å². The van der Waals surface area contributed by atoms with Gasteiger partial charge in [-0.3, -0.25) is 0 Å². The smallest absolute Gasteiger partial charge is 0.0205 e. The van der Waals surface area contributed by atoms with Crippen molar-refractivity contribution < 1.29 is 24.8 Å². The lowest BCUT2D eigenvalue weighted by atomic mass is 9.98. The molecule has 1 heterocycles. The molecule has 1 aliphatic rings. The van der Waals surface area contributed by atoms with Crippen LogP contribution in [0.5, 0.6) is 0 Å². The topological polar surface area (TPSA) is 24.1 Å². The summed E-state index contributed by atoms with van der Waals surface area (Å²) < 4.78 is 0. The van der Waals surface area contributed by atoms with Gasteiger partial charge in [0.15, 0.2) is 0 Å². The van der Waals surface area contributed by atoms with Crippen molar-refractivity contribution in [2.24, 2.45) is 5.92 Å². The second-order valence-electron chi connectivity index (χ2n) is 4.67. The van der Waals surface area contributed by atoms with E-state index in [4.69, 9.17) is 0 Å². The van der Waals surface area contributed by atoms with E-state index in [2.05, 4.69) is 41.2 Å². The highest BCUT2D eigenvalue weighted by Gasteiger charge is 2.11. The molecule has 5 heteroatoms. The monoisotopic (exact) mass is 320 g/mol. The Morgan fingerprint density at radius 1 is 1.16 bits per heavy atom. The molecule has 2 nitrogen and oxygen atoms in total. The van der Waals surface area contributed by atoms with Gasteiger partial charge < -0.3 is 35.4 Å². The van der Waals surface area contributed by atoms with Crippen LogP contribution in [0.15, 0.2) is 29.2 Å².